The Morgan fingerprint density at radius 3 is 2.56 bits per heavy atom. The van der Waals surface area contributed by atoms with Crippen molar-refractivity contribution in [1.82, 2.24) is 0 Å². The zero-order valence-electron chi connectivity index (χ0n) is 15.5. The van der Waals surface area contributed by atoms with Gasteiger partial charge in [-0.1, -0.05) is 33.8 Å². The minimum absolute atomic E-state index is 0.00453. The third-order valence-corrected chi connectivity index (χ3v) is 5.19. The summed E-state index contributed by atoms with van der Waals surface area (Å²) in [4.78, 5) is 15.6. The van der Waals surface area contributed by atoms with Crippen LogP contribution >= 0.6 is 11.8 Å². The first kappa shape index (κ1) is 21.8. The lowest BCUT2D eigenvalue weighted by molar-refractivity contribution is -0.127. The molecular formula is C19H27F2NO2S. The number of hydrogen-bond donors (Lipinski definition) is 0. The first-order chi connectivity index (χ1) is 12.0. The number of thioether (sulfide) groups is 1. The third kappa shape index (κ3) is 4.67. The Hall–Kier alpha value is -1.27. The zero-order valence-corrected chi connectivity index (χ0v) is 16.3. The van der Waals surface area contributed by atoms with E-state index >= 15 is 0 Å². The molecular weight excluding hydrogens is 344 g/mol. The van der Waals surface area contributed by atoms with Crippen LogP contribution in [0.2, 0.25) is 0 Å². The van der Waals surface area contributed by atoms with Crippen LogP contribution in [0, 0.1) is 17.6 Å². The summed E-state index contributed by atoms with van der Waals surface area (Å²) < 4.78 is 33.0. The molecule has 1 aromatic rings. The van der Waals surface area contributed by atoms with Crippen molar-refractivity contribution in [2.24, 2.45) is 10.9 Å². The van der Waals surface area contributed by atoms with Gasteiger partial charge in [-0.3, -0.25) is 4.99 Å². The molecule has 3 nitrogen and oxygen atoms in total. The number of fused-ring (bicyclic) bond motifs is 1. The molecule has 6 heteroatoms. The lowest BCUT2D eigenvalue weighted by Gasteiger charge is -2.45. The predicted molar refractivity (Wildman–Crippen MR) is 100 cm³/mol. The van der Waals surface area contributed by atoms with Crippen molar-refractivity contribution < 1.29 is 18.3 Å². The molecule has 1 fully saturated rings. The van der Waals surface area contributed by atoms with Gasteiger partial charge in [0.05, 0.1) is 11.7 Å². The van der Waals surface area contributed by atoms with Crippen LogP contribution in [0.1, 0.15) is 46.6 Å². The van der Waals surface area contributed by atoms with E-state index in [1.54, 1.807) is 11.8 Å². The average Bonchev–Trinajstić information content (AvgIpc) is 2.64. The van der Waals surface area contributed by atoms with Gasteiger partial charge in [0.25, 0.3) is 0 Å². The fraction of sp³-hybridized carbons (Fsp3) is 0.579. The lowest BCUT2D eigenvalue weighted by atomic mass is 9.75. The Morgan fingerprint density at radius 1 is 1.28 bits per heavy atom. The molecule has 0 amide bonds. The van der Waals surface area contributed by atoms with Crippen molar-refractivity contribution in [3.05, 3.63) is 35.4 Å². The SMILES string of the molecule is CC.CC.CC1=N[C@@]2(c3ccc(F)cc3F)CO[C@@H](C=O)C[C@H]2CS1. The monoisotopic (exact) mass is 371 g/mol. The Balaban J connectivity index is 0.000000730. The summed E-state index contributed by atoms with van der Waals surface area (Å²) in [5.41, 5.74) is -0.509. The molecule has 0 spiro atoms. The van der Waals surface area contributed by atoms with Crippen LogP contribution < -0.4 is 0 Å². The molecule has 3 rings (SSSR count). The van der Waals surface area contributed by atoms with Crippen molar-refractivity contribution in [1.29, 1.82) is 0 Å². The molecule has 2 aliphatic rings. The van der Waals surface area contributed by atoms with E-state index in [0.717, 1.165) is 23.1 Å². The number of hydrogen-bond acceptors (Lipinski definition) is 4. The Bertz CT molecular complexity index is 609. The summed E-state index contributed by atoms with van der Waals surface area (Å²) in [5, 5.41) is 0.850. The maximum atomic E-state index is 14.3. The average molecular weight is 371 g/mol. The molecule has 2 heterocycles. The second-order valence-corrected chi connectivity index (χ2v) is 6.62. The molecule has 0 aromatic heterocycles. The van der Waals surface area contributed by atoms with Gasteiger partial charge < -0.3 is 9.53 Å². The van der Waals surface area contributed by atoms with Crippen LogP contribution in [0.25, 0.3) is 0 Å². The van der Waals surface area contributed by atoms with Gasteiger partial charge in [-0.05, 0) is 19.4 Å². The molecule has 0 unspecified atom stereocenters. The molecule has 0 bridgehead atoms. The first-order valence-electron chi connectivity index (χ1n) is 8.77. The van der Waals surface area contributed by atoms with E-state index in [-0.39, 0.29) is 12.5 Å². The smallest absolute Gasteiger partial charge is 0.148 e. The summed E-state index contributed by atoms with van der Waals surface area (Å²) in [7, 11) is 0. The predicted octanol–water partition coefficient (Wildman–Crippen LogP) is 4.98. The van der Waals surface area contributed by atoms with E-state index < -0.39 is 23.3 Å². The highest BCUT2D eigenvalue weighted by atomic mass is 32.2. The molecule has 1 aromatic carbocycles. The zero-order chi connectivity index (χ0) is 19.0. The lowest BCUT2D eigenvalue weighted by Crippen LogP contribution is -2.49. The fourth-order valence-electron chi connectivity index (χ4n) is 3.05. The van der Waals surface area contributed by atoms with E-state index in [1.165, 1.54) is 12.1 Å². The summed E-state index contributed by atoms with van der Waals surface area (Å²) in [6.07, 6.45) is 0.811. The number of nitrogens with zero attached hydrogens (tertiary/aromatic N) is 1. The topological polar surface area (TPSA) is 38.7 Å². The minimum atomic E-state index is -0.855. The van der Waals surface area contributed by atoms with Crippen LogP contribution in [-0.2, 0) is 15.1 Å². The highest BCUT2D eigenvalue weighted by molar-refractivity contribution is 8.13. The van der Waals surface area contributed by atoms with Gasteiger partial charge in [0.1, 0.15) is 29.6 Å². The molecule has 1 saturated heterocycles. The maximum Gasteiger partial charge on any atom is 0.148 e. The van der Waals surface area contributed by atoms with Crippen molar-refractivity contribution in [2.75, 3.05) is 12.4 Å². The number of rotatable bonds is 2. The summed E-state index contributed by atoms with van der Waals surface area (Å²) in [5.74, 6) is -0.482. The van der Waals surface area contributed by atoms with Crippen molar-refractivity contribution in [2.45, 2.75) is 52.7 Å². The Morgan fingerprint density at radius 2 is 1.96 bits per heavy atom. The van der Waals surface area contributed by atoms with Crippen molar-refractivity contribution in [3.8, 4) is 0 Å². The summed E-state index contributed by atoms with van der Waals surface area (Å²) >= 11 is 1.60. The molecule has 0 radical (unpaired) electrons. The summed E-state index contributed by atoms with van der Waals surface area (Å²) in [6.45, 7) is 10.0. The van der Waals surface area contributed by atoms with E-state index in [4.69, 9.17) is 4.74 Å². The van der Waals surface area contributed by atoms with Crippen LogP contribution in [0.4, 0.5) is 8.78 Å². The Labute approximate surface area is 153 Å². The van der Waals surface area contributed by atoms with E-state index in [2.05, 4.69) is 4.99 Å². The maximum absolute atomic E-state index is 14.3. The van der Waals surface area contributed by atoms with Crippen LogP contribution in [-0.4, -0.2) is 29.8 Å². The van der Waals surface area contributed by atoms with Gasteiger partial charge in [-0.2, -0.15) is 0 Å². The van der Waals surface area contributed by atoms with Gasteiger partial charge in [0.15, 0.2) is 0 Å². The number of carbonyl (C=O) groups excluding carboxylic acids is 1. The molecule has 0 N–H and O–H groups in total. The number of carbonyl (C=O) groups is 1. The van der Waals surface area contributed by atoms with Crippen molar-refractivity contribution >= 4 is 23.1 Å². The van der Waals surface area contributed by atoms with Crippen LogP contribution in [0.5, 0.6) is 0 Å². The van der Waals surface area contributed by atoms with Gasteiger partial charge >= 0.3 is 0 Å². The van der Waals surface area contributed by atoms with Gasteiger partial charge in [0, 0.05) is 23.3 Å². The molecule has 3 atom stereocenters. The molecule has 140 valence electrons. The summed E-state index contributed by atoms with van der Waals surface area (Å²) in [6, 6.07) is 3.55. The second kappa shape index (κ2) is 10.0. The molecule has 2 aliphatic heterocycles. The molecule has 0 saturated carbocycles. The highest BCUT2D eigenvalue weighted by Gasteiger charge is 2.49. The molecule has 25 heavy (non-hydrogen) atoms. The quantitative estimate of drug-likeness (QED) is 0.688. The number of benzene rings is 1. The largest absolute Gasteiger partial charge is 0.368 e. The number of aldehydes is 1. The van der Waals surface area contributed by atoms with E-state index in [0.29, 0.717) is 12.0 Å². The normalized spacial score (nSPS) is 27.6. The number of aliphatic imine (C=N–C) groups is 1. The highest BCUT2D eigenvalue weighted by Crippen LogP contribution is 2.46. The van der Waals surface area contributed by atoms with Crippen LogP contribution in [0.3, 0.4) is 0 Å². The first-order valence-corrected chi connectivity index (χ1v) is 9.75. The van der Waals surface area contributed by atoms with Gasteiger partial charge in [0.2, 0.25) is 0 Å². The minimum Gasteiger partial charge on any atom is -0.368 e. The number of ether oxygens (including phenoxy) is 1. The standard InChI is InChI=1S/C15H15F2NO2S.2C2H6/c1-9-18-15(13-3-2-11(16)5-14(13)17)8-20-12(6-19)4-10(15)7-21-9;2*1-2/h2-3,5-6,10,12H,4,7-8H2,1H3;2*1-2H3/t10-,12+,15-;;/m0../s1. The third-order valence-electron chi connectivity index (χ3n) is 4.11. The second-order valence-electron chi connectivity index (χ2n) is 5.41. The molecule has 0 aliphatic carbocycles. The van der Waals surface area contributed by atoms with Crippen LogP contribution in [0.15, 0.2) is 23.2 Å². The fourth-order valence-corrected chi connectivity index (χ4v) is 4.13. The van der Waals surface area contributed by atoms with Crippen molar-refractivity contribution in [3.63, 3.8) is 0 Å². The van der Waals surface area contributed by atoms with Gasteiger partial charge in [-0.15, -0.1) is 11.8 Å². The van der Waals surface area contributed by atoms with E-state index in [1.807, 2.05) is 34.6 Å². The van der Waals surface area contributed by atoms with Gasteiger partial charge in [-0.25, -0.2) is 8.78 Å². The Kier molecular flexibility index (Phi) is 8.73. The number of halogens is 2. The van der Waals surface area contributed by atoms with E-state index in [9.17, 15) is 13.6 Å².